The highest BCUT2D eigenvalue weighted by Crippen LogP contribution is 2.41. The molecular formula is C20H22N8O6S2. The number of hydrogen-bond acceptors (Lipinski definition) is 12. The summed E-state index contributed by atoms with van der Waals surface area (Å²) in [6, 6.07) is -0.914. The van der Waals surface area contributed by atoms with Gasteiger partial charge < -0.3 is 31.6 Å². The number of fused-ring (bicyclic) bond motifs is 1. The molecule has 0 unspecified atom stereocenters. The van der Waals surface area contributed by atoms with Gasteiger partial charge in [0.05, 0.1) is 0 Å². The molecule has 0 aromatic carbocycles. The molecule has 3 fully saturated rings. The number of allylic oxidation sites excluding steroid dienone is 1. The number of carboxylic acid groups (broad SMARTS) is 1. The lowest BCUT2D eigenvalue weighted by atomic mass is 10.0. The molecule has 3 saturated heterocycles. The molecule has 0 spiro atoms. The second kappa shape index (κ2) is 9.51. The van der Waals surface area contributed by atoms with E-state index in [9.17, 15) is 29.5 Å². The quantitative estimate of drug-likeness (QED) is 0.0939. The Morgan fingerprint density at radius 3 is 2.78 bits per heavy atom. The molecule has 0 bridgehead atoms. The molecule has 0 radical (unpaired) electrons. The third-order valence-corrected chi connectivity index (χ3v) is 8.28. The Hall–Kier alpha value is -3.50. The number of carbonyl (C=O) groups excluding carboxylic acids is 3. The Bertz CT molecular complexity index is 1240. The normalized spacial score (nSPS) is 27.5. The van der Waals surface area contributed by atoms with Crippen molar-refractivity contribution in [1.82, 2.24) is 29.8 Å². The first kappa shape index (κ1) is 24.2. The molecule has 0 saturated carbocycles. The third kappa shape index (κ3) is 4.10. The summed E-state index contributed by atoms with van der Waals surface area (Å²) in [5, 5.41) is 27.1. The van der Waals surface area contributed by atoms with Crippen molar-refractivity contribution >= 4 is 57.8 Å². The van der Waals surface area contributed by atoms with Crippen molar-refractivity contribution in [2.75, 3.05) is 31.1 Å². The molecule has 5 rings (SSSR count). The van der Waals surface area contributed by atoms with E-state index < -0.39 is 34.9 Å². The van der Waals surface area contributed by atoms with Gasteiger partial charge in [-0.25, -0.2) is 4.79 Å². The zero-order valence-electron chi connectivity index (χ0n) is 18.7. The standard InChI is InChI=1S/C20H22N8O6S2/c21-20-24-14(26-36-20)11(25-34)15(29)23-12-17(31)28-13(19(32)33)9(7-35-18(12)28)5-8-2-4-27(16(8)30)10-1-3-22-6-10/h5,10,12,18,22,34H,1-4,6-7H2,(H,23,29)(H,32,33)(H2,21,24,26)/b8-5+,25-11?/t10-,12-,18-/m1/s1. The van der Waals surface area contributed by atoms with E-state index in [1.54, 1.807) is 6.08 Å². The van der Waals surface area contributed by atoms with Gasteiger partial charge in [-0.1, -0.05) is 5.16 Å². The van der Waals surface area contributed by atoms with Crippen LogP contribution in [0.1, 0.15) is 18.7 Å². The number of carbonyl (C=O) groups is 4. The molecule has 0 aliphatic carbocycles. The summed E-state index contributed by atoms with van der Waals surface area (Å²) >= 11 is 2.07. The van der Waals surface area contributed by atoms with Crippen molar-refractivity contribution < 1.29 is 29.5 Å². The van der Waals surface area contributed by atoms with Crippen LogP contribution in [-0.4, -0.2) is 102 Å². The zero-order chi connectivity index (χ0) is 25.6. The SMILES string of the molecule is Nc1nc(C(=NO)C(=O)N[C@@H]2C(=O)N3C(C(=O)O)=C(/C=C4\CCN([C@@H]5CCNC5)C4=O)CS[C@H]23)ns1. The van der Waals surface area contributed by atoms with Crippen molar-refractivity contribution in [3.63, 3.8) is 0 Å². The van der Waals surface area contributed by atoms with Gasteiger partial charge in [0.15, 0.2) is 5.13 Å². The predicted molar refractivity (Wildman–Crippen MR) is 128 cm³/mol. The number of hydrogen-bond donors (Lipinski definition) is 5. The smallest absolute Gasteiger partial charge is 0.352 e. The number of thioether (sulfide) groups is 1. The van der Waals surface area contributed by atoms with Crippen LogP contribution < -0.4 is 16.4 Å². The molecule has 5 heterocycles. The summed E-state index contributed by atoms with van der Waals surface area (Å²) in [7, 11) is 0. The van der Waals surface area contributed by atoms with Crippen LogP contribution in [0.3, 0.4) is 0 Å². The average Bonchev–Trinajstić information content (AvgIpc) is 3.60. The van der Waals surface area contributed by atoms with Crippen molar-refractivity contribution in [1.29, 1.82) is 0 Å². The summed E-state index contributed by atoms with van der Waals surface area (Å²) in [6.07, 6.45) is 2.97. The lowest BCUT2D eigenvalue weighted by Gasteiger charge is -2.49. The van der Waals surface area contributed by atoms with E-state index in [0.717, 1.165) is 35.9 Å². The number of nitrogen functional groups attached to an aromatic ring is 1. The summed E-state index contributed by atoms with van der Waals surface area (Å²) in [6.45, 7) is 2.17. The van der Waals surface area contributed by atoms with E-state index >= 15 is 0 Å². The Morgan fingerprint density at radius 2 is 2.14 bits per heavy atom. The van der Waals surface area contributed by atoms with Crippen molar-refractivity contribution in [2.45, 2.75) is 30.3 Å². The average molecular weight is 535 g/mol. The van der Waals surface area contributed by atoms with E-state index in [1.807, 2.05) is 4.90 Å². The highest BCUT2D eigenvalue weighted by Gasteiger charge is 2.54. The number of nitrogens with one attached hydrogen (secondary N) is 2. The molecule has 16 heteroatoms. The van der Waals surface area contributed by atoms with E-state index in [0.29, 0.717) is 24.1 Å². The first-order chi connectivity index (χ1) is 17.3. The van der Waals surface area contributed by atoms with Crippen LogP contribution in [0.25, 0.3) is 0 Å². The highest BCUT2D eigenvalue weighted by molar-refractivity contribution is 8.00. The number of nitrogens with two attached hydrogens (primary N) is 1. The van der Waals surface area contributed by atoms with Gasteiger partial charge in [0.1, 0.15) is 17.1 Å². The molecule has 190 valence electrons. The number of β-lactam (4-membered cyclic amide) rings is 1. The van der Waals surface area contributed by atoms with Crippen molar-refractivity contribution in [2.24, 2.45) is 5.16 Å². The van der Waals surface area contributed by atoms with Crippen LogP contribution in [0.5, 0.6) is 0 Å². The fourth-order valence-electron chi connectivity index (χ4n) is 4.72. The molecule has 36 heavy (non-hydrogen) atoms. The van der Waals surface area contributed by atoms with Gasteiger partial charge in [0.2, 0.25) is 17.4 Å². The molecule has 3 atom stereocenters. The van der Waals surface area contributed by atoms with Crippen molar-refractivity contribution in [3.05, 3.63) is 28.7 Å². The van der Waals surface area contributed by atoms with Crippen LogP contribution in [-0.2, 0) is 19.2 Å². The molecule has 14 nitrogen and oxygen atoms in total. The van der Waals surface area contributed by atoms with E-state index in [2.05, 4.69) is 25.1 Å². The Labute approximate surface area is 212 Å². The van der Waals surface area contributed by atoms with Crippen LogP contribution in [0.2, 0.25) is 0 Å². The van der Waals surface area contributed by atoms with Crippen LogP contribution >= 0.6 is 23.3 Å². The Kier molecular flexibility index (Phi) is 6.40. The van der Waals surface area contributed by atoms with Gasteiger partial charge in [0, 0.05) is 42.0 Å². The maximum absolute atomic E-state index is 12.9. The number of nitrogens with zero attached hydrogens (tertiary/aromatic N) is 5. The number of likely N-dealkylation sites (tertiary alicyclic amines) is 1. The second-order valence-corrected chi connectivity index (χ2v) is 10.4. The summed E-state index contributed by atoms with van der Waals surface area (Å²) < 4.78 is 3.82. The van der Waals surface area contributed by atoms with Gasteiger partial charge >= 0.3 is 5.97 Å². The number of amides is 3. The summed E-state index contributed by atoms with van der Waals surface area (Å²) in [5.41, 5.74) is 5.67. The van der Waals surface area contributed by atoms with Gasteiger partial charge in [-0.15, -0.1) is 11.8 Å². The van der Waals surface area contributed by atoms with E-state index in [-0.39, 0.29) is 34.4 Å². The van der Waals surface area contributed by atoms with E-state index in [4.69, 9.17) is 5.73 Å². The molecular weight excluding hydrogens is 512 g/mol. The first-order valence-electron chi connectivity index (χ1n) is 11.1. The molecule has 1 aromatic rings. The molecule has 4 aliphatic heterocycles. The monoisotopic (exact) mass is 534 g/mol. The molecule has 6 N–H and O–H groups in total. The highest BCUT2D eigenvalue weighted by atomic mass is 32.2. The number of oxime groups is 1. The Balaban J connectivity index is 1.33. The number of rotatable bonds is 6. The summed E-state index contributed by atoms with van der Waals surface area (Å²) in [4.78, 5) is 57.3. The largest absolute Gasteiger partial charge is 0.477 e. The van der Waals surface area contributed by atoms with Crippen LogP contribution in [0, 0.1) is 0 Å². The number of anilines is 1. The Morgan fingerprint density at radius 1 is 1.33 bits per heavy atom. The zero-order valence-corrected chi connectivity index (χ0v) is 20.3. The maximum Gasteiger partial charge on any atom is 0.352 e. The molecule has 3 amide bonds. The minimum absolute atomic E-state index is 0.0642. The fraction of sp³-hybridized carbons (Fsp3) is 0.450. The topological polar surface area (TPSA) is 203 Å². The second-order valence-electron chi connectivity index (χ2n) is 8.51. The van der Waals surface area contributed by atoms with Gasteiger partial charge in [0.25, 0.3) is 11.8 Å². The minimum atomic E-state index is -1.30. The van der Waals surface area contributed by atoms with Crippen molar-refractivity contribution in [3.8, 4) is 0 Å². The van der Waals surface area contributed by atoms with E-state index in [1.165, 1.54) is 11.8 Å². The molecule has 1 aromatic heterocycles. The fourth-order valence-corrected chi connectivity index (χ4v) is 6.46. The lowest BCUT2D eigenvalue weighted by Crippen LogP contribution is -2.71. The number of aliphatic carboxylic acids is 1. The molecule has 4 aliphatic rings. The summed E-state index contributed by atoms with van der Waals surface area (Å²) in [5.74, 6) is -2.90. The van der Waals surface area contributed by atoms with Crippen LogP contribution in [0.4, 0.5) is 5.13 Å². The maximum atomic E-state index is 12.9. The number of aromatic nitrogens is 2. The van der Waals surface area contributed by atoms with Gasteiger partial charge in [-0.3, -0.25) is 19.3 Å². The third-order valence-electron chi connectivity index (χ3n) is 6.44. The number of carboxylic acids is 1. The van der Waals surface area contributed by atoms with Crippen LogP contribution in [0.15, 0.2) is 28.1 Å². The minimum Gasteiger partial charge on any atom is -0.477 e. The predicted octanol–water partition coefficient (Wildman–Crippen LogP) is -1.44. The van der Waals surface area contributed by atoms with Gasteiger partial charge in [-0.2, -0.15) is 9.36 Å². The first-order valence-corrected chi connectivity index (χ1v) is 12.9. The lowest BCUT2D eigenvalue weighted by molar-refractivity contribution is -0.150. The van der Waals surface area contributed by atoms with Gasteiger partial charge in [-0.05, 0) is 31.0 Å².